The van der Waals surface area contributed by atoms with Crippen LogP contribution >= 0.6 is 11.6 Å². The summed E-state index contributed by atoms with van der Waals surface area (Å²) in [5.41, 5.74) is 3.05. The molecule has 0 fully saturated rings. The number of hydrogen-bond donors (Lipinski definition) is 1. The van der Waals surface area contributed by atoms with Gasteiger partial charge in [-0.1, -0.05) is 30.3 Å². The number of aryl methyl sites for hydroxylation is 1. The lowest BCUT2D eigenvalue weighted by Gasteiger charge is -2.10. The number of nitrogens with zero attached hydrogens (tertiary/aromatic N) is 5. The van der Waals surface area contributed by atoms with Crippen molar-refractivity contribution in [2.24, 2.45) is 0 Å². The quantitative estimate of drug-likeness (QED) is 0.413. The van der Waals surface area contributed by atoms with Crippen LogP contribution < -0.4 is 10.3 Å². The van der Waals surface area contributed by atoms with Gasteiger partial charge >= 0.3 is 0 Å². The summed E-state index contributed by atoms with van der Waals surface area (Å²) in [5, 5.41) is 1.01. The van der Waals surface area contributed by atoms with Crippen molar-refractivity contribution in [3.63, 3.8) is 0 Å². The van der Waals surface area contributed by atoms with Crippen molar-refractivity contribution in [2.45, 2.75) is 19.9 Å². The number of nitrogens with one attached hydrogen (secondary N) is 1. The minimum Gasteiger partial charge on any atom is -0.497 e. The Labute approximate surface area is 187 Å². The van der Waals surface area contributed by atoms with E-state index in [1.165, 1.54) is 0 Å². The summed E-state index contributed by atoms with van der Waals surface area (Å²) in [6.07, 6.45) is 0.343. The zero-order valence-electron chi connectivity index (χ0n) is 17.5. The Kier molecular flexibility index (Phi) is 5.07. The number of methoxy groups -OCH3 is 1. The molecule has 0 amide bonds. The first-order chi connectivity index (χ1) is 15.5. The first-order valence-corrected chi connectivity index (χ1v) is 10.4. The molecule has 0 aliphatic heterocycles. The van der Waals surface area contributed by atoms with Gasteiger partial charge in [0.05, 0.1) is 19.0 Å². The van der Waals surface area contributed by atoms with Crippen LogP contribution in [-0.4, -0.2) is 36.6 Å². The number of para-hydroxylation sites is 1. The third-order valence-electron chi connectivity index (χ3n) is 5.32. The largest absolute Gasteiger partial charge is 0.497 e. The highest BCUT2D eigenvalue weighted by Gasteiger charge is 2.18. The average molecular weight is 447 g/mol. The van der Waals surface area contributed by atoms with Crippen LogP contribution in [0.15, 0.2) is 53.3 Å². The molecule has 32 heavy (non-hydrogen) atoms. The molecule has 0 aliphatic carbocycles. The molecule has 3 heterocycles. The third-order valence-corrected chi connectivity index (χ3v) is 5.50. The number of benzene rings is 2. The van der Waals surface area contributed by atoms with Crippen LogP contribution in [0.1, 0.15) is 22.9 Å². The van der Waals surface area contributed by atoms with E-state index in [0.717, 1.165) is 27.9 Å². The normalized spacial score (nSPS) is 11.3. The maximum absolute atomic E-state index is 12.7. The molecule has 0 atom stereocenters. The van der Waals surface area contributed by atoms with E-state index >= 15 is 0 Å². The SMILES string of the molecule is COc1ccc(Cn2c(Cc3nc(C)c4ccccc4n3)nc3nc(Cl)[nH]c(=O)c32)cc1. The van der Waals surface area contributed by atoms with Crippen LogP contribution in [0, 0.1) is 6.92 Å². The van der Waals surface area contributed by atoms with Gasteiger partial charge < -0.3 is 9.30 Å². The zero-order chi connectivity index (χ0) is 22.2. The molecule has 2 aromatic carbocycles. The van der Waals surface area contributed by atoms with Crippen LogP contribution in [0.5, 0.6) is 5.75 Å². The highest BCUT2D eigenvalue weighted by atomic mass is 35.5. The van der Waals surface area contributed by atoms with Gasteiger partial charge in [0.2, 0.25) is 5.28 Å². The van der Waals surface area contributed by atoms with E-state index in [1.807, 2.05) is 60.0 Å². The van der Waals surface area contributed by atoms with Gasteiger partial charge in [-0.05, 0) is 42.3 Å². The molecule has 0 saturated carbocycles. The van der Waals surface area contributed by atoms with Crippen molar-refractivity contribution in [3.8, 4) is 5.75 Å². The minimum absolute atomic E-state index is 0.000877. The molecule has 3 aromatic heterocycles. The molecule has 0 aliphatic rings. The van der Waals surface area contributed by atoms with E-state index in [0.29, 0.717) is 35.8 Å². The summed E-state index contributed by atoms with van der Waals surface area (Å²) in [5.74, 6) is 2.01. The Morgan fingerprint density at radius 2 is 1.81 bits per heavy atom. The smallest absolute Gasteiger partial charge is 0.278 e. The van der Waals surface area contributed by atoms with Crippen LogP contribution in [0.2, 0.25) is 5.28 Å². The fourth-order valence-corrected chi connectivity index (χ4v) is 3.96. The molecule has 8 nitrogen and oxygen atoms in total. The van der Waals surface area contributed by atoms with Crippen LogP contribution in [0.4, 0.5) is 0 Å². The van der Waals surface area contributed by atoms with Gasteiger partial charge in [0.1, 0.15) is 17.4 Å². The molecule has 9 heteroatoms. The second kappa shape index (κ2) is 8.05. The van der Waals surface area contributed by atoms with Crippen molar-refractivity contribution >= 4 is 33.7 Å². The Hall–Kier alpha value is -3.78. The standard InChI is InChI=1S/C23H19ClN6O2/c1-13-16-5-3-4-6-17(16)26-18(25-13)11-19-27-21-20(22(31)29-23(24)28-21)30(19)12-14-7-9-15(32-2)10-8-14/h3-10H,11-12H2,1-2H3,(H,28,29,31). The first-order valence-electron chi connectivity index (χ1n) is 10.0. The lowest BCUT2D eigenvalue weighted by molar-refractivity contribution is 0.414. The van der Waals surface area contributed by atoms with Gasteiger partial charge in [0.25, 0.3) is 5.56 Å². The highest BCUT2D eigenvalue weighted by molar-refractivity contribution is 6.28. The molecule has 0 spiro atoms. The summed E-state index contributed by atoms with van der Waals surface area (Å²) in [6, 6.07) is 15.5. The number of imidazole rings is 1. The number of aromatic nitrogens is 6. The van der Waals surface area contributed by atoms with Gasteiger partial charge in [-0.2, -0.15) is 4.98 Å². The summed E-state index contributed by atoms with van der Waals surface area (Å²) in [4.78, 5) is 33.5. The van der Waals surface area contributed by atoms with E-state index in [-0.39, 0.29) is 10.8 Å². The summed E-state index contributed by atoms with van der Waals surface area (Å²) >= 11 is 5.97. The van der Waals surface area contributed by atoms with Crippen molar-refractivity contribution in [1.29, 1.82) is 0 Å². The predicted molar refractivity (Wildman–Crippen MR) is 122 cm³/mol. The molecule has 1 N–H and O–H groups in total. The fourth-order valence-electron chi connectivity index (χ4n) is 3.80. The van der Waals surface area contributed by atoms with Crippen molar-refractivity contribution in [2.75, 3.05) is 7.11 Å². The van der Waals surface area contributed by atoms with Gasteiger partial charge in [-0.3, -0.25) is 9.78 Å². The number of rotatable bonds is 5. The van der Waals surface area contributed by atoms with E-state index in [9.17, 15) is 4.79 Å². The summed E-state index contributed by atoms with van der Waals surface area (Å²) < 4.78 is 7.08. The molecular formula is C23H19ClN6O2. The van der Waals surface area contributed by atoms with Crippen molar-refractivity contribution in [3.05, 3.63) is 87.1 Å². The van der Waals surface area contributed by atoms with Crippen LogP contribution in [-0.2, 0) is 13.0 Å². The van der Waals surface area contributed by atoms with E-state index in [2.05, 4.69) is 19.9 Å². The average Bonchev–Trinajstić information content (AvgIpc) is 3.11. The number of H-pyrrole nitrogens is 1. The van der Waals surface area contributed by atoms with Crippen molar-refractivity contribution in [1.82, 2.24) is 29.5 Å². The summed E-state index contributed by atoms with van der Waals surface area (Å²) in [6.45, 7) is 2.38. The number of fused-ring (bicyclic) bond motifs is 2. The molecule has 5 rings (SSSR count). The van der Waals surface area contributed by atoms with Crippen molar-refractivity contribution < 1.29 is 4.74 Å². The predicted octanol–water partition coefficient (Wildman–Crippen LogP) is 3.67. The lowest BCUT2D eigenvalue weighted by atomic mass is 10.2. The Bertz CT molecular complexity index is 1510. The number of ether oxygens (including phenoxy) is 1. The molecule has 160 valence electrons. The first kappa shape index (κ1) is 20.1. The maximum Gasteiger partial charge on any atom is 0.278 e. The fraction of sp³-hybridized carbons (Fsp3) is 0.174. The molecule has 0 radical (unpaired) electrons. The van der Waals surface area contributed by atoms with Gasteiger partial charge in [-0.25, -0.2) is 15.0 Å². The topological polar surface area (TPSA) is 98.6 Å². The molecular weight excluding hydrogens is 428 g/mol. The Balaban J connectivity index is 1.62. The van der Waals surface area contributed by atoms with Crippen LogP contribution in [0.3, 0.4) is 0 Å². The second-order valence-electron chi connectivity index (χ2n) is 7.41. The van der Waals surface area contributed by atoms with Gasteiger partial charge in [0, 0.05) is 17.6 Å². The zero-order valence-corrected chi connectivity index (χ0v) is 18.2. The summed E-state index contributed by atoms with van der Waals surface area (Å²) in [7, 11) is 1.62. The monoisotopic (exact) mass is 446 g/mol. The lowest BCUT2D eigenvalue weighted by Crippen LogP contribution is -2.15. The van der Waals surface area contributed by atoms with Gasteiger partial charge in [-0.15, -0.1) is 0 Å². The maximum atomic E-state index is 12.7. The third kappa shape index (κ3) is 3.69. The molecule has 0 unspecified atom stereocenters. The van der Waals surface area contributed by atoms with E-state index < -0.39 is 0 Å². The highest BCUT2D eigenvalue weighted by Crippen LogP contribution is 2.20. The number of halogens is 1. The second-order valence-corrected chi connectivity index (χ2v) is 7.77. The van der Waals surface area contributed by atoms with E-state index in [4.69, 9.17) is 21.3 Å². The number of hydrogen-bond acceptors (Lipinski definition) is 6. The molecule has 0 saturated heterocycles. The molecule has 0 bridgehead atoms. The molecule has 5 aromatic rings. The Morgan fingerprint density at radius 1 is 1.03 bits per heavy atom. The van der Waals surface area contributed by atoms with E-state index in [1.54, 1.807) is 7.11 Å². The number of aromatic amines is 1. The van der Waals surface area contributed by atoms with Crippen LogP contribution in [0.25, 0.3) is 22.1 Å². The Morgan fingerprint density at radius 3 is 2.59 bits per heavy atom. The van der Waals surface area contributed by atoms with Gasteiger partial charge in [0.15, 0.2) is 11.2 Å². The minimum atomic E-state index is -0.345.